The van der Waals surface area contributed by atoms with E-state index >= 15 is 0 Å². The number of anilines is 1. The van der Waals surface area contributed by atoms with Crippen molar-refractivity contribution in [3.05, 3.63) is 17.0 Å². The van der Waals surface area contributed by atoms with Gasteiger partial charge in [-0.2, -0.15) is 0 Å². The number of amides is 2. The summed E-state index contributed by atoms with van der Waals surface area (Å²) < 4.78 is 0. The molecule has 1 aromatic heterocycles. The molecule has 0 aliphatic carbocycles. The average Bonchev–Trinajstić information content (AvgIpc) is 3.28. The van der Waals surface area contributed by atoms with Crippen LogP contribution < -0.4 is 5.32 Å². The molecule has 2 saturated heterocycles. The fourth-order valence-electron chi connectivity index (χ4n) is 4.54. The Morgan fingerprint density at radius 3 is 2.59 bits per heavy atom. The molecule has 4 heterocycles. The molecule has 2 fully saturated rings. The van der Waals surface area contributed by atoms with Crippen LogP contribution in [0, 0.1) is 5.92 Å². The van der Waals surface area contributed by atoms with Crippen LogP contribution in [-0.2, 0) is 17.8 Å². The summed E-state index contributed by atoms with van der Waals surface area (Å²) in [5.74, 6) is -0.114. The van der Waals surface area contributed by atoms with Crippen LogP contribution in [0.4, 0.5) is 5.95 Å². The van der Waals surface area contributed by atoms with Crippen molar-refractivity contribution < 1.29 is 14.7 Å². The van der Waals surface area contributed by atoms with Crippen molar-refractivity contribution in [2.24, 2.45) is 5.92 Å². The third kappa shape index (κ3) is 3.93. The Bertz CT molecular complexity index is 795. The van der Waals surface area contributed by atoms with Gasteiger partial charge in [0, 0.05) is 58.3 Å². The number of carbonyl (C=O) groups is 2. The molecule has 158 valence electrons. The lowest BCUT2D eigenvalue weighted by Crippen LogP contribution is -2.51. The van der Waals surface area contributed by atoms with E-state index in [4.69, 9.17) is 0 Å². The number of likely N-dealkylation sites (tertiary alicyclic amines) is 2. The summed E-state index contributed by atoms with van der Waals surface area (Å²) in [6.45, 7) is 3.70. The number of aliphatic hydroxyl groups is 1. The highest BCUT2D eigenvalue weighted by atomic mass is 16.3. The molecular weight excluding hydrogens is 372 g/mol. The minimum atomic E-state index is -0.617. The van der Waals surface area contributed by atoms with Gasteiger partial charge in [0.15, 0.2) is 0 Å². The van der Waals surface area contributed by atoms with E-state index in [2.05, 4.69) is 20.2 Å². The van der Waals surface area contributed by atoms with Gasteiger partial charge < -0.3 is 25.1 Å². The molecule has 3 aliphatic heterocycles. The molecule has 2 atom stereocenters. The first-order valence-electron chi connectivity index (χ1n) is 10.5. The Morgan fingerprint density at radius 1 is 1.10 bits per heavy atom. The van der Waals surface area contributed by atoms with E-state index < -0.39 is 12.0 Å². The molecule has 9 nitrogen and oxygen atoms in total. The van der Waals surface area contributed by atoms with Gasteiger partial charge in [-0.3, -0.25) is 9.59 Å². The van der Waals surface area contributed by atoms with Crippen molar-refractivity contribution in [3.8, 4) is 0 Å². The van der Waals surface area contributed by atoms with Crippen molar-refractivity contribution in [1.82, 2.24) is 24.7 Å². The lowest BCUT2D eigenvalue weighted by Gasteiger charge is -2.38. The Labute approximate surface area is 171 Å². The molecule has 2 N–H and O–H groups in total. The number of aromatic nitrogens is 2. The van der Waals surface area contributed by atoms with Crippen LogP contribution in [-0.4, -0.2) is 94.5 Å². The number of hydrogen-bond acceptors (Lipinski definition) is 7. The Kier molecular flexibility index (Phi) is 5.69. The van der Waals surface area contributed by atoms with Crippen molar-refractivity contribution >= 4 is 17.8 Å². The molecule has 1 aromatic rings. The number of piperidine rings is 1. The molecule has 0 radical (unpaired) electrons. The van der Waals surface area contributed by atoms with Crippen molar-refractivity contribution in [1.29, 1.82) is 0 Å². The molecule has 29 heavy (non-hydrogen) atoms. The standard InChI is InChI=1S/C20H30N6O3/c1-21-20-22-15-5-10-26(18(28)14-11-24(2)9-6-16(14)27)12-13(15)17(23-20)19(29)25-7-3-4-8-25/h14,16,27H,3-12H2,1-2H3,(H,21,22,23)/t14-,16+/m1/s1. The lowest BCUT2D eigenvalue weighted by molar-refractivity contribution is -0.143. The second-order valence-electron chi connectivity index (χ2n) is 8.30. The van der Waals surface area contributed by atoms with Crippen molar-refractivity contribution in [3.63, 3.8) is 0 Å². The summed E-state index contributed by atoms with van der Waals surface area (Å²) in [6.07, 6.45) is 2.58. The highest BCUT2D eigenvalue weighted by molar-refractivity contribution is 5.94. The third-order valence-electron chi connectivity index (χ3n) is 6.29. The van der Waals surface area contributed by atoms with Gasteiger partial charge in [-0.1, -0.05) is 0 Å². The second kappa shape index (κ2) is 8.23. The number of fused-ring (bicyclic) bond motifs is 1. The molecule has 0 aromatic carbocycles. The molecule has 2 amide bonds. The van der Waals surface area contributed by atoms with Gasteiger partial charge in [0.05, 0.1) is 17.7 Å². The highest BCUT2D eigenvalue weighted by Crippen LogP contribution is 2.27. The van der Waals surface area contributed by atoms with Crippen LogP contribution in [0.3, 0.4) is 0 Å². The highest BCUT2D eigenvalue weighted by Gasteiger charge is 2.37. The second-order valence-corrected chi connectivity index (χ2v) is 8.30. The van der Waals surface area contributed by atoms with E-state index in [1.165, 1.54) is 0 Å². The quantitative estimate of drug-likeness (QED) is 0.731. The molecule has 0 unspecified atom stereocenters. The number of aliphatic hydroxyl groups excluding tert-OH is 1. The van der Waals surface area contributed by atoms with E-state index in [1.54, 1.807) is 11.9 Å². The summed E-state index contributed by atoms with van der Waals surface area (Å²) in [7, 11) is 3.71. The van der Waals surface area contributed by atoms with E-state index in [9.17, 15) is 14.7 Å². The fourth-order valence-corrected chi connectivity index (χ4v) is 4.54. The van der Waals surface area contributed by atoms with E-state index in [0.717, 1.165) is 43.7 Å². The van der Waals surface area contributed by atoms with Gasteiger partial charge >= 0.3 is 0 Å². The molecule has 0 bridgehead atoms. The predicted octanol–water partition coefficient (Wildman–Crippen LogP) is -0.0484. The maximum atomic E-state index is 13.2. The first-order valence-corrected chi connectivity index (χ1v) is 10.5. The monoisotopic (exact) mass is 402 g/mol. The maximum Gasteiger partial charge on any atom is 0.273 e. The molecule has 3 aliphatic rings. The van der Waals surface area contributed by atoms with Crippen LogP contribution in [0.2, 0.25) is 0 Å². The number of hydrogen-bond donors (Lipinski definition) is 2. The zero-order chi connectivity index (χ0) is 20.5. The first-order chi connectivity index (χ1) is 14.0. The molecular formula is C20H30N6O3. The minimum Gasteiger partial charge on any atom is -0.392 e. The van der Waals surface area contributed by atoms with Gasteiger partial charge in [-0.05, 0) is 26.3 Å². The van der Waals surface area contributed by atoms with E-state index in [0.29, 0.717) is 44.1 Å². The third-order valence-corrected chi connectivity index (χ3v) is 6.29. The normalized spacial score (nSPS) is 25.1. The molecule has 4 rings (SSSR count). The Morgan fingerprint density at radius 2 is 1.86 bits per heavy atom. The number of carbonyl (C=O) groups excluding carboxylic acids is 2. The molecule has 0 spiro atoms. The van der Waals surface area contributed by atoms with Crippen LogP contribution in [0.1, 0.15) is 41.0 Å². The summed E-state index contributed by atoms with van der Waals surface area (Å²) >= 11 is 0. The van der Waals surface area contributed by atoms with E-state index in [-0.39, 0.29) is 11.8 Å². The molecule has 9 heteroatoms. The van der Waals surface area contributed by atoms with Crippen LogP contribution >= 0.6 is 0 Å². The SMILES string of the molecule is CNc1nc2c(c(C(=O)N3CCCC3)n1)CN(C(=O)[C@@H]1CN(C)CC[C@@H]1O)CC2. The van der Waals surface area contributed by atoms with Gasteiger partial charge in [0.1, 0.15) is 5.69 Å². The Balaban J connectivity index is 1.60. The largest absolute Gasteiger partial charge is 0.392 e. The van der Waals surface area contributed by atoms with Crippen LogP contribution in [0.5, 0.6) is 0 Å². The number of nitrogens with one attached hydrogen (secondary N) is 1. The summed E-state index contributed by atoms with van der Waals surface area (Å²) in [5, 5.41) is 13.3. The first kappa shape index (κ1) is 20.0. The smallest absolute Gasteiger partial charge is 0.273 e. The zero-order valence-corrected chi connectivity index (χ0v) is 17.2. The maximum absolute atomic E-state index is 13.2. The predicted molar refractivity (Wildman–Crippen MR) is 107 cm³/mol. The number of rotatable bonds is 3. The van der Waals surface area contributed by atoms with Crippen molar-refractivity contribution in [2.75, 3.05) is 52.1 Å². The Hall–Kier alpha value is -2.26. The fraction of sp³-hybridized carbons (Fsp3) is 0.700. The number of nitrogens with zero attached hydrogens (tertiary/aromatic N) is 5. The van der Waals surface area contributed by atoms with Gasteiger partial charge in [-0.25, -0.2) is 9.97 Å². The topological polar surface area (TPSA) is 102 Å². The summed E-state index contributed by atoms with van der Waals surface area (Å²) in [6, 6.07) is 0. The zero-order valence-electron chi connectivity index (χ0n) is 17.2. The van der Waals surface area contributed by atoms with Gasteiger partial charge in [0.2, 0.25) is 11.9 Å². The lowest BCUT2D eigenvalue weighted by atomic mass is 9.92. The van der Waals surface area contributed by atoms with Crippen LogP contribution in [0.15, 0.2) is 0 Å². The van der Waals surface area contributed by atoms with E-state index in [1.807, 2.05) is 11.9 Å². The average molecular weight is 402 g/mol. The molecule has 0 saturated carbocycles. The minimum absolute atomic E-state index is 0.0491. The van der Waals surface area contributed by atoms with Gasteiger partial charge in [0.25, 0.3) is 5.91 Å². The van der Waals surface area contributed by atoms with Crippen LogP contribution in [0.25, 0.3) is 0 Å². The summed E-state index contributed by atoms with van der Waals surface area (Å²) in [4.78, 5) is 41.0. The van der Waals surface area contributed by atoms with Gasteiger partial charge in [-0.15, -0.1) is 0 Å². The summed E-state index contributed by atoms with van der Waals surface area (Å²) in [5.41, 5.74) is 1.98. The van der Waals surface area contributed by atoms with Crippen molar-refractivity contribution in [2.45, 2.75) is 38.3 Å².